The van der Waals surface area contributed by atoms with Gasteiger partial charge in [0.05, 0.1) is 18.5 Å². The van der Waals surface area contributed by atoms with Crippen molar-refractivity contribution in [2.45, 2.75) is 13.5 Å². The van der Waals surface area contributed by atoms with Gasteiger partial charge >= 0.3 is 0 Å². The van der Waals surface area contributed by atoms with Gasteiger partial charge in [0.15, 0.2) is 5.82 Å². The average Bonchev–Trinajstić information content (AvgIpc) is 2.88. The zero-order valence-corrected chi connectivity index (χ0v) is 14.7. The highest BCUT2D eigenvalue weighted by Gasteiger charge is 2.22. The van der Waals surface area contributed by atoms with E-state index in [-0.39, 0.29) is 0 Å². The summed E-state index contributed by atoms with van der Waals surface area (Å²) in [4.78, 5) is 4.83. The fourth-order valence-electron chi connectivity index (χ4n) is 2.97. The van der Waals surface area contributed by atoms with Crippen molar-refractivity contribution in [1.29, 1.82) is 0 Å². The first-order valence-corrected chi connectivity index (χ1v) is 8.25. The Morgan fingerprint density at radius 3 is 2.62 bits per heavy atom. The van der Waals surface area contributed by atoms with Crippen molar-refractivity contribution in [3.63, 3.8) is 0 Å². The van der Waals surface area contributed by atoms with E-state index in [2.05, 4.69) is 48.3 Å². The van der Waals surface area contributed by atoms with Crippen molar-refractivity contribution in [3.8, 4) is 11.4 Å². The molecule has 0 amide bonds. The van der Waals surface area contributed by atoms with Crippen LogP contribution in [0.15, 0.2) is 47.5 Å². The molecule has 5 nitrogen and oxygen atoms in total. The monoisotopic (exact) mass is 336 g/mol. The molecule has 120 valence electrons. The molecule has 0 N–H and O–H groups in total. The van der Waals surface area contributed by atoms with Crippen LogP contribution in [0.3, 0.4) is 0 Å². The summed E-state index contributed by atoms with van der Waals surface area (Å²) in [7, 11) is 4.38. The molecule has 1 aromatic heterocycles. The molecule has 0 saturated carbocycles. The molecular weight excluding hydrogens is 319 g/mol. The van der Waals surface area contributed by atoms with Crippen LogP contribution in [0.2, 0.25) is 0 Å². The number of aryl methyl sites for hydroxylation is 1. The zero-order valence-electron chi connectivity index (χ0n) is 13.5. The van der Waals surface area contributed by atoms with Crippen LogP contribution in [0.25, 0.3) is 5.69 Å². The third kappa shape index (κ3) is 2.42. The van der Waals surface area contributed by atoms with Gasteiger partial charge in [-0.05, 0) is 30.4 Å². The van der Waals surface area contributed by atoms with Gasteiger partial charge in [0.25, 0.3) is 0 Å². The quantitative estimate of drug-likeness (QED) is 0.676. The molecule has 1 aliphatic rings. The lowest BCUT2D eigenvalue weighted by Gasteiger charge is -2.14. The van der Waals surface area contributed by atoms with Gasteiger partial charge in [0, 0.05) is 11.1 Å². The van der Waals surface area contributed by atoms with Crippen molar-refractivity contribution in [3.05, 3.63) is 65.2 Å². The molecule has 1 unspecified atom stereocenters. The number of ether oxygens (including phenoxy) is 1. The van der Waals surface area contributed by atoms with E-state index in [0.717, 1.165) is 45.2 Å². The Morgan fingerprint density at radius 2 is 1.88 bits per heavy atom. The zero-order chi connectivity index (χ0) is 16.7. The van der Waals surface area contributed by atoms with Crippen molar-refractivity contribution >= 4 is 20.3 Å². The van der Waals surface area contributed by atoms with Crippen LogP contribution in [0, 0.1) is 6.92 Å². The molecule has 6 heteroatoms. The second-order valence-corrected chi connectivity index (χ2v) is 6.34. The number of benzene rings is 2. The highest BCUT2D eigenvalue weighted by atomic mass is 31.0. The van der Waals surface area contributed by atoms with E-state index in [0.29, 0.717) is 6.54 Å². The van der Waals surface area contributed by atoms with E-state index in [1.165, 1.54) is 0 Å². The summed E-state index contributed by atoms with van der Waals surface area (Å²) in [6.45, 7) is 2.45. The van der Waals surface area contributed by atoms with E-state index in [9.17, 15) is 0 Å². The van der Waals surface area contributed by atoms with E-state index in [1.54, 1.807) is 7.11 Å². The van der Waals surface area contributed by atoms with Gasteiger partial charge in [-0.2, -0.15) is 0 Å². The molecule has 0 fully saturated rings. The smallest absolute Gasteiger partial charge is 0.159 e. The van der Waals surface area contributed by atoms with E-state index < -0.39 is 0 Å². The fraction of sp³-hybridized carbons (Fsp3) is 0.167. The summed E-state index contributed by atoms with van der Waals surface area (Å²) in [6.07, 6.45) is 0. The van der Waals surface area contributed by atoms with Crippen LogP contribution in [0.4, 0.5) is 0 Å². The largest absolute Gasteiger partial charge is 0.497 e. The number of fused-ring (bicyclic) bond motifs is 3. The predicted molar refractivity (Wildman–Crippen MR) is 97.8 cm³/mol. The number of nitrogens with zero attached hydrogens (tertiary/aromatic N) is 4. The Balaban J connectivity index is 1.97. The SMILES string of the molecule is COc1ccc2c(c1)C(c1ccc(P)cc1)=NCc1nnc(C)n1-2. The van der Waals surface area contributed by atoms with Gasteiger partial charge in [-0.3, -0.25) is 9.56 Å². The molecule has 24 heavy (non-hydrogen) atoms. The third-order valence-corrected chi connectivity index (χ3v) is 4.54. The van der Waals surface area contributed by atoms with Gasteiger partial charge in [0.2, 0.25) is 0 Å². The molecule has 1 atom stereocenters. The lowest BCUT2D eigenvalue weighted by atomic mass is 10.00. The number of aliphatic imine (C=N–C) groups is 1. The highest BCUT2D eigenvalue weighted by Crippen LogP contribution is 2.28. The molecular formula is C18H17N4OP. The molecule has 3 aromatic rings. The third-order valence-electron chi connectivity index (χ3n) is 4.15. The van der Waals surface area contributed by atoms with Crippen LogP contribution in [-0.2, 0) is 6.54 Å². The van der Waals surface area contributed by atoms with Gasteiger partial charge < -0.3 is 4.74 Å². The van der Waals surface area contributed by atoms with Crippen LogP contribution < -0.4 is 10.0 Å². The highest BCUT2D eigenvalue weighted by molar-refractivity contribution is 7.27. The van der Waals surface area contributed by atoms with Gasteiger partial charge in [-0.1, -0.05) is 24.3 Å². The summed E-state index contributed by atoms with van der Waals surface area (Å²) in [6, 6.07) is 14.3. The average molecular weight is 336 g/mol. The summed E-state index contributed by atoms with van der Waals surface area (Å²) >= 11 is 0. The molecule has 4 rings (SSSR count). The predicted octanol–water partition coefficient (Wildman–Crippen LogP) is 2.44. The van der Waals surface area contributed by atoms with Crippen LogP contribution in [0.5, 0.6) is 5.75 Å². The molecule has 1 aliphatic heterocycles. The van der Waals surface area contributed by atoms with E-state index in [4.69, 9.17) is 9.73 Å². The lowest BCUT2D eigenvalue weighted by Crippen LogP contribution is -2.09. The maximum Gasteiger partial charge on any atom is 0.159 e. The Bertz CT molecular complexity index is 944. The fourth-order valence-corrected chi connectivity index (χ4v) is 3.16. The van der Waals surface area contributed by atoms with Crippen LogP contribution in [-0.4, -0.2) is 27.6 Å². The van der Waals surface area contributed by atoms with E-state index in [1.807, 2.05) is 25.1 Å². The summed E-state index contributed by atoms with van der Waals surface area (Å²) in [5.41, 5.74) is 4.07. The number of methoxy groups -OCH3 is 1. The normalized spacial score (nSPS) is 12.9. The molecule has 2 aromatic carbocycles. The molecule has 0 spiro atoms. The van der Waals surface area contributed by atoms with Crippen LogP contribution >= 0.6 is 9.24 Å². The number of aromatic nitrogens is 3. The van der Waals surface area contributed by atoms with Crippen molar-refractivity contribution in [1.82, 2.24) is 14.8 Å². The second kappa shape index (κ2) is 5.84. The Kier molecular flexibility index (Phi) is 3.66. The lowest BCUT2D eigenvalue weighted by molar-refractivity contribution is 0.414. The van der Waals surface area contributed by atoms with Gasteiger partial charge in [0.1, 0.15) is 18.1 Å². The molecule has 0 bridgehead atoms. The minimum absolute atomic E-state index is 0.496. The molecule has 0 aliphatic carbocycles. The van der Waals surface area contributed by atoms with Crippen molar-refractivity contribution in [2.75, 3.05) is 7.11 Å². The minimum atomic E-state index is 0.496. The summed E-state index contributed by atoms with van der Waals surface area (Å²) in [5, 5.41) is 9.62. The maximum atomic E-state index is 5.43. The first-order chi connectivity index (χ1) is 11.7. The van der Waals surface area contributed by atoms with Crippen molar-refractivity contribution < 1.29 is 4.74 Å². The second-order valence-electron chi connectivity index (χ2n) is 5.67. The Hall–Kier alpha value is -2.52. The summed E-state index contributed by atoms with van der Waals surface area (Å²) < 4.78 is 7.49. The molecule has 2 heterocycles. The van der Waals surface area contributed by atoms with E-state index >= 15 is 0 Å². The van der Waals surface area contributed by atoms with Gasteiger partial charge in [-0.25, -0.2) is 0 Å². The maximum absolute atomic E-state index is 5.43. The standard InChI is InChI=1S/C18H17N4OP/c1-11-20-21-17-10-19-18(12-3-6-14(24)7-4-12)15-9-13(23-2)5-8-16(15)22(11)17/h3-9H,10,24H2,1-2H3. The number of rotatable bonds is 2. The van der Waals surface area contributed by atoms with Crippen molar-refractivity contribution in [2.24, 2.45) is 4.99 Å². The van der Waals surface area contributed by atoms with Crippen LogP contribution in [0.1, 0.15) is 22.8 Å². The Morgan fingerprint density at radius 1 is 1.08 bits per heavy atom. The Labute approximate surface area is 142 Å². The molecule has 0 radical (unpaired) electrons. The first kappa shape index (κ1) is 15.0. The number of hydrogen-bond acceptors (Lipinski definition) is 4. The summed E-state index contributed by atoms with van der Waals surface area (Å²) in [5.74, 6) is 2.50. The first-order valence-electron chi connectivity index (χ1n) is 7.67. The van der Waals surface area contributed by atoms with Gasteiger partial charge in [-0.15, -0.1) is 19.4 Å². The minimum Gasteiger partial charge on any atom is -0.497 e. The molecule has 0 saturated heterocycles. The number of hydrogen-bond donors (Lipinski definition) is 0. The topological polar surface area (TPSA) is 52.3 Å².